The Balaban J connectivity index is 2.35. The quantitative estimate of drug-likeness (QED) is 0.878. The Kier molecular flexibility index (Phi) is 3.54. The molecular weight excluding hydrogens is 214 g/mol. The summed E-state index contributed by atoms with van der Waals surface area (Å²) in [6.45, 7) is 7.73. The minimum atomic E-state index is 0.667. The van der Waals surface area contributed by atoms with Crippen LogP contribution in [0.5, 0.6) is 0 Å². The molecule has 17 heavy (non-hydrogen) atoms. The fourth-order valence-corrected chi connectivity index (χ4v) is 1.68. The molecule has 0 saturated heterocycles. The highest BCUT2D eigenvalue weighted by molar-refractivity contribution is 5.52. The van der Waals surface area contributed by atoms with Gasteiger partial charge in [0.25, 0.3) is 0 Å². The average Bonchev–Trinajstić information content (AvgIpc) is 2.72. The Hall–Kier alpha value is -1.68. The lowest BCUT2D eigenvalue weighted by Crippen LogP contribution is -2.13. The summed E-state index contributed by atoms with van der Waals surface area (Å²) < 4.78 is 5.42. The van der Waals surface area contributed by atoms with Crippen molar-refractivity contribution in [1.82, 2.24) is 15.3 Å². The number of aryl methyl sites for hydroxylation is 2. The van der Waals surface area contributed by atoms with Gasteiger partial charge in [-0.3, -0.25) is 0 Å². The molecule has 90 valence electrons. The zero-order chi connectivity index (χ0) is 12.3. The van der Waals surface area contributed by atoms with Gasteiger partial charge in [0.15, 0.2) is 11.6 Å². The van der Waals surface area contributed by atoms with Crippen molar-refractivity contribution in [1.29, 1.82) is 0 Å². The highest BCUT2D eigenvalue weighted by atomic mass is 16.3. The zero-order valence-electron chi connectivity index (χ0n) is 10.4. The fraction of sp³-hybridized carbons (Fsp3) is 0.385. The molecule has 2 aromatic rings. The third kappa shape index (κ3) is 2.71. The van der Waals surface area contributed by atoms with Gasteiger partial charge in [0.1, 0.15) is 0 Å². The van der Waals surface area contributed by atoms with Gasteiger partial charge in [-0.25, -0.2) is 9.97 Å². The maximum atomic E-state index is 5.42. The van der Waals surface area contributed by atoms with E-state index in [-0.39, 0.29) is 0 Å². The third-order valence-electron chi connectivity index (χ3n) is 2.53. The molecule has 0 radical (unpaired) electrons. The SMILES string of the molecule is CCNCc1cc(C)nc(-c2occc2C)n1. The van der Waals surface area contributed by atoms with Crippen LogP contribution in [0.25, 0.3) is 11.6 Å². The molecule has 0 fully saturated rings. The number of furan rings is 1. The molecule has 0 saturated carbocycles. The second-order valence-corrected chi connectivity index (χ2v) is 4.04. The van der Waals surface area contributed by atoms with E-state index >= 15 is 0 Å². The van der Waals surface area contributed by atoms with Gasteiger partial charge in [-0.1, -0.05) is 6.92 Å². The topological polar surface area (TPSA) is 51.0 Å². The molecule has 0 unspecified atom stereocenters. The van der Waals surface area contributed by atoms with Crippen LogP contribution < -0.4 is 5.32 Å². The Bertz CT molecular complexity index is 505. The molecule has 2 rings (SSSR count). The standard InChI is InChI=1S/C13H17N3O/c1-4-14-8-11-7-10(3)15-13(16-11)12-9(2)5-6-17-12/h5-7,14H,4,8H2,1-3H3. The average molecular weight is 231 g/mol. The van der Waals surface area contributed by atoms with Crippen LogP contribution in [-0.4, -0.2) is 16.5 Å². The van der Waals surface area contributed by atoms with Crippen molar-refractivity contribution in [3.63, 3.8) is 0 Å². The first kappa shape index (κ1) is 11.8. The van der Waals surface area contributed by atoms with Crippen molar-refractivity contribution in [2.75, 3.05) is 6.54 Å². The van der Waals surface area contributed by atoms with Crippen LogP contribution >= 0.6 is 0 Å². The second kappa shape index (κ2) is 5.10. The first-order valence-electron chi connectivity index (χ1n) is 5.80. The fourth-order valence-electron chi connectivity index (χ4n) is 1.68. The first-order valence-corrected chi connectivity index (χ1v) is 5.80. The molecular formula is C13H17N3O. The molecule has 2 heterocycles. The summed E-state index contributed by atoms with van der Waals surface area (Å²) in [6, 6.07) is 3.91. The molecule has 0 aliphatic carbocycles. The monoisotopic (exact) mass is 231 g/mol. The lowest BCUT2D eigenvalue weighted by Gasteiger charge is -2.05. The van der Waals surface area contributed by atoms with Crippen LogP contribution in [0, 0.1) is 13.8 Å². The number of nitrogens with zero attached hydrogens (tertiary/aromatic N) is 2. The molecule has 0 aromatic carbocycles. The van der Waals surface area contributed by atoms with Crippen LogP contribution in [-0.2, 0) is 6.54 Å². The number of aromatic nitrogens is 2. The molecule has 0 atom stereocenters. The Morgan fingerprint density at radius 3 is 2.76 bits per heavy atom. The summed E-state index contributed by atoms with van der Waals surface area (Å²) in [5.74, 6) is 1.42. The second-order valence-electron chi connectivity index (χ2n) is 4.04. The molecule has 0 spiro atoms. The van der Waals surface area contributed by atoms with E-state index in [1.165, 1.54) is 0 Å². The van der Waals surface area contributed by atoms with E-state index in [9.17, 15) is 0 Å². The van der Waals surface area contributed by atoms with Gasteiger partial charge < -0.3 is 9.73 Å². The highest BCUT2D eigenvalue weighted by Gasteiger charge is 2.10. The Morgan fingerprint density at radius 1 is 1.29 bits per heavy atom. The molecule has 4 heteroatoms. The van der Waals surface area contributed by atoms with E-state index < -0.39 is 0 Å². The van der Waals surface area contributed by atoms with Crippen molar-refractivity contribution in [3.05, 3.63) is 35.3 Å². The normalized spacial score (nSPS) is 10.8. The van der Waals surface area contributed by atoms with Crippen LogP contribution in [0.15, 0.2) is 22.8 Å². The van der Waals surface area contributed by atoms with E-state index in [4.69, 9.17) is 4.42 Å². The molecule has 0 amide bonds. The number of rotatable bonds is 4. The first-order chi connectivity index (χ1) is 8.20. The molecule has 0 aliphatic heterocycles. The van der Waals surface area contributed by atoms with Crippen LogP contribution in [0.3, 0.4) is 0 Å². The van der Waals surface area contributed by atoms with Crippen LogP contribution in [0.1, 0.15) is 23.9 Å². The molecule has 4 nitrogen and oxygen atoms in total. The van der Waals surface area contributed by atoms with E-state index in [0.29, 0.717) is 5.82 Å². The summed E-state index contributed by atoms with van der Waals surface area (Å²) in [5.41, 5.74) is 3.01. The van der Waals surface area contributed by atoms with Gasteiger partial charge in [0, 0.05) is 12.2 Å². The number of nitrogens with one attached hydrogen (secondary N) is 1. The largest absolute Gasteiger partial charge is 0.461 e. The third-order valence-corrected chi connectivity index (χ3v) is 2.53. The van der Waals surface area contributed by atoms with Gasteiger partial charge in [-0.15, -0.1) is 0 Å². The maximum Gasteiger partial charge on any atom is 0.196 e. The minimum absolute atomic E-state index is 0.667. The van der Waals surface area contributed by atoms with Crippen molar-refractivity contribution in [3.8, 4) is 11.6 Å². The van der Waals surface area contributed by atoms with Crippen LogP contribution in [0.2, 0.25) is 0 Å². The van der Waals surface area contributed by atoms with E-state index in [0.717, 1.165) is 35.8 Å². The summed E-state index contributed by atoms with van der Waals surface area (Å²) >= 11 is 0. The smallest absolute Gasteiger partial charge is 0.196 e. The minimum Gasteiger partial charge on any atom is -0.461 e. The summed E-state index contributed by atoms with van der Waals surface area (Å²) in [6.07, 6.45) is 1.67. The van der Waals surface area contributed by atoms with Gasteiger partial charge in [-0.2, -0.15) is 0 Å². The van der Waals surface area contributed by atoms with E-state index in [1.807, 2.05) is 26.0 Å². The molecule has 1 N–H and O–H groups in total. The van der Waals surface area contributed by atoms with Crippen molar-refractivity contribution in [2.24, 2.45) is 0 Å². The summed E-state index contributed by atoms with van der Waals surface area (Å²) in [4.78, 5) is 8.92. The van der Waals surface area contributed by atoms with E-state index in [2.05, 4.69) is 22.2 Å². The lowest BCUT2D eigenvalue weighted by molar-refractivity contribution is 0.574. The van der Waals surface area contributed by atoms with E-state index in [1.54, 1.807) is 6.26 Å². The van der Waals surface area contributed by atoms with Crippen molar-refractivity contribution < 1.29 is 4.42 Å². The number of hydrogen-bond acceptors (Lipinski definition) is 4. The molecule has 0 aliphatic rings. The number of hydrogen-bond donors (Lipinski definition) is 1. The van der Waals surface area contributed by atoms with Gasteiger partial charge in [0.05, 0.1) is 12.0 Å². The van der Waals surface area contributed by atoms with Crippen LogP contribution in [0.4, 0.5) is 0 Å². The lowest BCUT2D eigenvalue weighted by atomic mass is 10.2. The maximum absolute atomic E-state index is 5.42. The summed E-state index contributed by atoms with van der Waals surface area (Å²) in [7, 11) is 0. The van der Waals surface area contributed by atoms with Crippen molar-refractivity contribution in [2.45, 2.75) is 27.3 Å². The summed E-state index contributed by atoms with van der Waals surface area (Å²) in [5, 5.41) is 3.26. The highest BCUT2D eigenvalue weighted by Crippen LogP contribution is 2.21. The van der Waals surface area contributed by atoms with Gasteiger partial charge in [-0.05, 0) is 38.1 Å². The molecule has 0 bridgehead atoms. The predicted molar refractivity (Wildman–Crippen MR) is 66.6 cm³/mol. The van der Waals surface area contributed by atoms with Gasteiger partial charge in [0.2, 0.25) is 0 Å². The van der Waals surface area contributed by atoms with Crippen molar-refractivity contribution >= 4 is 0 Å². The Labute approximate surface area is 101 Å². The van der Waals surface area contributed by atoms with Gasteiger partial charge >= 0.3 is 0 Å². The Morgan fingerprint density at radius 2 is 2.12 bits per heavy atom. The zero-order valence-corrected chi connectivity index (χ0v) is 10.4. The predicted octanol–water partition coefficient (Wildman–Crippen LogP) is 2.46. The molecule has 2 aromatic heterocycles.